The van der Waals surface area contributed by atoms with Gasteiger partial charge < -0.3 is 15.4 Å². The number of rotatable bonds is 8. The first-order valence-electron chi connectivity index (χ1n) is 9.81. The summed E-state index contributed by atoms with van der Waals surface area (Å²) in [5.41, 5.74) is 3.48. The Kier molecular flexibility index (Phi) is 8.80. The molecule has 2 N–H and O–H groups in total. The molecule has 0 fully saturated rings. The van der Waals surface area contributed by atoms with E-state index in [0.29, 0.717) is 10.6 Å². The number of ketones is 1. The Hall–Kier alpha value is -2.90. The maximum Gasteiger partial charge on any atom is 0.326 e. The van der Waals surface area contributed by atoms with Crippen molar-refractivity contribution in [1.29, 1.82) is 0 Å². The topological polar surface area (TPSA) is 102 Å². The molecule has 170 valence electrons. The van der Waals surface area contributed by atoms with Crippen LogP contribution in [0.15, 0.2) is 30.3 Å². The van der Waals surface area contributed by atoms with Crippen LogP contribution < -0.4 is 10.6 Å². The van der Waals surface area contributed by atoms with Crippen LogP contribution in [0.4, 0.5) is 0 Å². The third-order valence-corrected chi connectivity index (χ3v) is 5.35. The number of carbonyl (C=O) groups is 4. The maximum absolute atomic E-state index is 12.6. The Morgan fingerprint density at radius 3 is 2.19 bits per heavy atom. The second kappa shape index (κ2) is 11.1. The zero-order valence-electron chi connectivity index (χ0n) is 18.2. The fourth-order valence-corrected chi connectivity index (χ4v) is 3.39. The Morgan fingerprint density at radius 1 is 0.875 bits per heavy atom. The van der Waals surface area contributed by atoms with Gasteiger partial charge in [0.05, 0.1) is 17.1 Å². The Labute approximate surface area is 196 Å². The molecule has 1 atom stereocenters. The standard InChI is InChI=1S/C23H24Cl2N2O5/c1-12-7-14(3)18(8-13(12)2)22(30)15(4)32-21(29)11-26-20(28)10-27-23(31)17-6-5-16(24)9-19(17)25/h5-9,15H,10-11H2,1-4H3,(H,26,28)(H,27,31). The number of amides is 2. The highest BCUT2D eigenvalue weighted by atomic mass is 35.5. The van der Waals surface area contributed by atoms with Gasteiger partial charge in [0.2, 0.25) is 11.7 Å². The Morgan fingerprint density at radius 2 is 1.53 bits per heavy atom. The van der Waals surface area contributed by atoms with Crippen molar-refractivity contribution in [2.24, 2.45) is 0 Å². The molecule has 0 saturated carbocycles. The monoisotopic (exact) mass is 478 g/mol. The summed E-state index contributed by atoms with van der Waals surface area (Å²) in [7, 11) is 0. The molecule has 0 aromatic heterocycles. The Balaban J connectivity index is 1.82. The van der Waals surface area contributed by atoms with Gasteiger partial charge in [0.25, 0.3) is 5.91 Å². The van der Waals surface area contributed by atoms with E-state index in [4.69, 9.17) is 27.9 Å². The minimum absolute atomic E-state index is 0.150. The van der Waals surface area contributed by atoms with Gasteiger partial charge in [-0.2, -0.15) is 0 Å². The molecule has 2 rings (SSSR count). The summed E-state index contributed by atoms with van der Waals surface area (Å²) >= 11 is 11.7. The largest absolute Gasteiger partial charge is 0.453 e. The van der Waals surface area contributed by atoms with Gasteiger partial charge in [0.15, 0.2) is 6.10 Å². The lowest BCUT2D eigenvalue weighted by molar-refractivity contribution is -0.146. The van der Waals surface area contributed by atoms with Crippen molar-refractivity contribution in [3.63, 3.8) is 0 Å². The number of benzene rings is 2. The van der Waals surface area contributed by atoms with E-state index in [0.717, 1.165) is 16.7 Å². The molecule has 1 unspecified atom stereocenters. The molecule has 0 aliphatic rings. The van der Waals surface area contributed by atoms with E-state index in [1.807, 2.05) is 26.8 Å². The predicted octanol–water partition coefficient (Wildman–Crippen LogP) is 3.58. The van der Waals surface area contributed by atoms with Gasteiger partial charge >= 0.3 is 5.97 Å². The van der Waals surface area contributed by atoms with Crippen LogP contribution in [0.5, 0.6) is 0 Å². The summed E-state index contributed by atoms with van der Waals surface area (Å²) in [5.74, 6) is -2.26. The highest BCUT2D eigenvalue weighted by molar-refractivity contribution is 6.36. The number of esters is 1. The van der Waals surface area contributed by atoms with Gasteiger partial charge in [-0.1, -0.05) is 29.3 Å². The molecule has 2 aromatic carbocycles. The molecule has 2 amide bonds. The molecule has 2 aromatic rings. The van der Waals surface area contributed by atoms with E-state index in [9.17, 15) is 19.2 Å². The summed E-state index contributed by atoms with van der Waals surface area (Å²) in [5, 5.41) is 5.25. The molecule has 7 nitrogen and oxygen atoms in total. The van der Waals surface area contributed by atoms with E-state index in [2.05, 4.69) is 10.6 Å². The number of halogens is 2. The summed E-state index contributed by atoms with van der Waals surface area (Å²) in [6.45, 7) is 6.33. The van der Waals surface area contributed by atoms with Crippen LogP contribution in [0.25, 0.3) is 0 Å². The summed E-state index contributed by atoms with van der Waals surface area (Å²) in [6.07, 6.45) is -1.01. The van der Waals surface area contributed by atoms with Crippen molar-refractivity contribution in [3.8, 4) is 0 Å². The van der Waals surface area contributed by atoms with Crippen molar-refractivity contribution in [2.75, 3.05) is 13.1 Å². The van der Waals surface area contributed by atoms with E-state index in [-0.39, 0.29) is 22.9 Å². The van der Waals surface area contributed by atoms with E-state index in [1.54, 1.807) is 6.07 Å². The van der Waals surface area contributed by atoms with Crippen molar-refractivity contribution < 1.29 is 23.9 Å². The highest BCUT2D eigenvalue weighted by Gasteiger charge is 2.22. The molecule has 0 bridgehead atoms. The van der Waals surface area contributed by atoms with Gasteiger partial charge in [-0.25, -0.2) is 0 Å². The summed E-state index contributed by atoms with van der Waals surface area (Å²) in [6, 6.07) is 8.03. The lowest BCUT2D eigenvalue weighted by Crippen LogP contribution is -2.40. The Bertz CT molecular complexity index is 1070. The molecular formula is C23H24Cl2N2O5. The first-order valence-corrected chi connectivity index (χ1v) is 10.6. The quantitative estimate of drug-likeness (QED) is 0.445. The third kappa shape index (κ3) is 6.80. The number of nitrogens with one attached hydrogen (secondary N) is 2. The second-order valence-electron chi connectivity index (χ2n) is 7.33. The molecule has 0 spiro atoms. The second-order valence-corrected chi connectivity index (χ2v) is 8.17. The van der Waals surface area contributed by atoms with Crippen molar-refractivity contribution >= 4 is 46.8 Å². The van der Waals surface area contributed by atoms with Gasteiger partial charge in [-0.3, -0.25) is 19.2 Å². The number of Topliss-reactive ketones (excluding diaryl/α,β-unsaturated/α-hetero) is 1. The first kappa shape index (κ1) is 25.4. The summed E-state index contributed by atoms with van der Waals surface area (Å²) in [4.78, 5) is 48.7. The number of ether oxygens (including phenoxy) is 1. The van der Waals surface area contributed by atoms with E-state index in [1.165, 1.54) is 25.1 Å². The normalized spacial score (nSPS) is 11.4. The van der Waals surface area contributed by atoms with Gasteiger partial charge in [-0.15, -0.1) is 0 Å². The first-order chi connectivity index (χ1) is 15.0. The number of carbonyl (C=O) groups excluding carboxylic acids is 4. The molecule has 0 saturated heterocycles. The van der Waals surface area contributed by atoms with Crippen molar-refractivity contribution in [3.05, 3.63) is 68.2 Å². The minimum Gasteiger partial charge on any atom is -0.453 e. The number of hydrogen-bond donors (Lipinski definition) is 2. The van der Waals surface area contributed by atoms with Crippen LogP contribution in [0.3, 0.4) is 0 Å². The average Bonchev–Trinajstić information content (AvgIpc) is 2.72. The van der Waals surface area contributed by atoms with Crippen LogP contribution in [0.2, 0.25) is 10.0 Å². The number of aryl methyl sites for hydroxylation is 3. The van der Waals surface area contributed by atoms with Gasteiger partial charge in [0.1, 0.15) is 6.54 Å². The van der Waals surface area contributed by atoms with Crippen LogP contribution in [-0.2, 0) is 14.3 Å². The van der Waals surface area contributed by atoms with Crippen LogP contribution in [-0.4, -0.2) is 42.8 Å². The molecule has 0 radical (unpaired) electrons. The molecule has 0 heterocycles. The van der Waals surface area contributed by atoms with E-state index >= 15 is 0 Å². The lowest BCUT2D eigenvalue weighted by atomic mass is 9.96. The molecule has 32 heavy (non-hydrogen) atoms. The van der Waals surface area contributed by atoms with Gasteiger partial charge in [0, 0.05) is 10.6 Å². The van der Waals surface area contributed by atoms with Crippen LogP contribution in [0, 0.1) is 20.8 Å². The molecule has 0 aliphatic carbocycles. The fraction of sp³-hybridized carbons (Fsp3) is 0.304. The third-order valence-electron chi connectivity index (χ3n) is 4.80. The van der Waals surface area contributed by atoms with Crippen LogP contribution in [0.1, 0.15) is 44.3 Å². The molecular weight excluding hydrogens is 455 g/mol. The molecule has 9 heteroatoms. The highest BCUT2D eigenvalue weighted by Crippen LogP contribution is 2.21. The minimum atomic E-state index is -1.01. The summed E-state index contributed by atoms with van der Waals surface area (Å²) < 4.78 is 5.14. The fourth-order valence-electron chi connectivity index (χ4n) is 2.90. The van der Waals surface area contributed by atoms with Gasteiger partial charge in [-0.05, 0) is 68.7 Å². The zero-order valence-corrected chi connectivity index (χ0v) is 19.7. The molecule has 0 aliphatic heterocycles. The maximum atomic E-state index is 12.6. The van der Waals surface area contributed by atoms with Crippen LogP contribution >= 0.6 is 23.2 Å². The number of hydrogen-bond acceptors (Lipinski definition) is 5. The lowest BCUT2D eigenvalue weighted by Gasteiger charge is -2.15. The van der Waals surface area contributed by atoms with Crippen molar-refractivity contribution in [2.45, 2.75) is 33.8 Å². The smallest absolute Gasteiger partial charge is 0.326 e. The zero-order chi connectivity index (χ0) is 24.0. The average molecular weight is 479 g/mol. The predicted molar refractivity (Wildman–Crippen MR) is 122 cm³/mol. The SMILES string of the molecule is Cc1cc(C)c(C(=O)C(C)OC(=O)CNC(=O)CNC(=O)c2ccc(Cl)cc2Cl)cc1C. The van der Waals surface area contributed by atoms with E-state index < -0.39 is 30.4 Å². The van der Waals surface area contributed by atoms with Crippen molar-refractivity contribution in [1.82, 2.24) is 10.6 Å².